The van der Waals surface area contributed by atoms with E-state index in [1.165, 1.54) is 38.6 Å². The lowest BCUT2D eigenvalue weighted by atomic mass is 9.83. The van der Waals surface area contributed by atoms with Crippen LogP contribution in [0.4, 0.5) is 0 Å². The van der Waals surface area contributed by atoms with E-state index in [4.69, 9.17) is 25.8 Å². The average Bonchev–Trinajstić information content (AvgIpc) is 2.71. The van der Waals surface area contributed by atoms with E-state index in [2.05, 4.69) is 0 Å². The molecule has 0 unspecified atom stereocenters. The van der Waals surface area contributed by atoms with Crippen LogP contribution in [-0.2, 0) is 28.6 Å². The van der Waals surface area contributed by atoms with Crippen molar-refractivity contribution in [1.82, 2.24) is 4.90 Å². The number of hydrogen-bond acceptors (Lipinski definition) is 7. The van der Waals surface area contributed by atoms with Gasteiger partial charge >= 0.3 is 17.9 Å². The van der Waals surface area contributed by atoms with Crippen LogP contribution in [-0.4, -0.2) is 50.2 Å². The number of rotatable bonds is 5. The Hall–Kier alpha value is -2.80. The highest BCUT2D eigenvalue weighted by Crippen LogP contribution is 2.38. The molecule has 1 heterocycles. The van der Waals surface area contributed by atoms with E-state index in [9.17, 15) is 14.4 Å². The third kappa shape index (κ3) is 4.31. The molecule has 1 aliphatic rings. The maximum atomic E-state index is 12.4. The Morgan fingerprint density at radius 3 is 1.81 bits per heavy atom. The van der Waals surface area contributed by atoms with Gasteiger partial charge in [-0.1, -0.05) is 23.7 Å². The number of esters is 3. The first kappa shape index (κ1) is 20.5. The van der Waals surface area contributed by atoms with Gasteiger partial charge < -0.3 is 19.1 Å². The number of halogens is 1. The van der Waals surface area contributed by atoms with Crippen LogP contribution in [0.1, 0.15) is 18.4 Å². The minimum Gasteiger partial charge on any atom is -0.467 e. The van der Waals surface area contributed by atoms with Crippen molar-refractivity contribution >= 4 is 29.5 Å². The second-order valence-corrected chi connectivity index (χ2v) is 6.22. The fourth-order valence-corrected chi connectivity index (χ4v) is 2.91. The van der Waals surface area contributed by atoms with Gasteiger partial charge in [-0.05, 0) is 24.6 Å². The summed E-state index contributed by atoms with van der Waals surface area (Å²) in [7, 11) is 3.74. The fraction of sp³-hybridized carbons (Fsp3) is 0.316. The molecule has 2 rings (SSSR count). The van der Waals surface area contributed by atoms with Crippen molar-refractivity contribution in [2.24, 2.45) is 0 Å². The molecule has 0 bridgehead atoms. The van der Waals surface area contributed by atoms with E-state index in [0.717, 1.165) is 0 Å². The summed E-state index contributed by atoms with van der Waals surface area (Å²) in [6.07, 6.45) is 2.94. The summed E-state index contributed by atoms with van der Waals surface area (Å²) in [5, 5.41) is 0.516. The van der Waals surface area contributed by atoms with Gasteiger partial charge in [-0.15, -0.1) is 0 Å². The second-order valence-electron chi connectivity index (χ2n) is 5.78. The topological polar surface area (TPSA) is 82.1 Å². The molecule has 0 saturated heterocycles. The lowest BCUT2D eigenvalue weighted by molar-refractivity contribution is -0.145. The molecule has 1 aromatic carbocycles. The van der Waals surface area contributed by atoms with E-state index in [0.29, 0.717) is 10.6 Å². The molecule has 27 heavy (non-hydrogen) atoms. The predicted molar refractivity (Wildman–Crippen MR) is 97.7 cm³/mol. The van der Waals surface area contributed by atoms with E-state index in [-0.39, 0.29) is 11.1 Å². The standard InChI is InChI=1S/C19H20ClNO6/c1-11(17(22)25-2)21-9-14(18(23)26-3)16(15(10-21)19(24)27-4)12-5-7-13(20)8-6-12/h5-11,16H,1-4H3/t11-/m0/s1. The summed E-state index contributed by atoms with van der Waals surface area (Å²) in [6.45, 7) is 1.59. The first-order valence-electron chi connectivity index (χ1n) is 8.04. The number of methoxy groups -OCH3 is 3. The molecule has 1 aliphatic heterocycles. The SMILES string of the molecule is COC(=O)C1=CN([C@@H](C)C(=O)OC)C=C(C(=O)OC)C1c1ccc(Cl)cc1. The van der Waals surface area contributed by atoms with Crippen LogP contribution in [0, 0.1) is 0 Å². The minimum atomic E-state index is -0.763. The molecule has 0 fully saturated rings. The molecule has 0 aliphatic carbocycles. The summed E-state index contributed by atoms with van der Waals surface area (Å²) < 4.78 is 14.5. The summed E-state index contributed by atoms with van der Waals surface area (Å²) in [4.78, 5) is 38.2. The Kier molecular flexibility index (Phi) is 6.63. The maximum absolute atomic E-state index is 12.4. The maximum Gasteiger partial charge on any atom is 0.336 e. The molecule has 0 radical (unpaired) electrons. The number of carbonyl (C=O) groups is 3. The first-order chi connectivity index (χ1) is 12.8. The second kappa shape index (κ2) is 8.73. The van der Waals surface area contributed by atoms with Gasteiger partial charge in [0.2, 0.25) is 0 Å². The number of benzene rings is 1. The molecule has 0 N–H and O–H groups in total. The van der Waals surface area contributed by atoms with Crippen molar-refractivity contribution in [2.45, 2.75) is 18.9 Å². The Morgan fingerprint density at radius 1 is 0.926 bits per heavy atom. The number of carbonyl (C=O) groups excluding carboxylic acids is 3. The molecule has 144 valence electrons. The van der Waals surface area contributed by atoms with Crippen molar-refractivity contribution in [1.29, 1.82) is 0 Å². The van der Waals surface area contributed by atoms with Crippen molar-refractivity contribution in [2.75, 3.05) is 21.3 Å². The predicted octanol–water partition coefficient (Wildman–Crippen LogP) is 2.41. The first-order valence-corrected chi connectivity index (χ1v) is 8.42. The van der Waals surface area contributed by atoms with Crippen LogP contribution in [0.15, 0.2) is 47.8 Å². The number of nitrogens with zero attached hydrogens (tertiary/aromatic N) is 1. The van der Waals surface area contributed by atoms with Crippen LogP contribution in [0.5, 0.6) is 0 Å². The molecule has 1 atom stereocenters. The molecule has 0 amide bonds. The summed E-state index contributed by atoms with van der Waals surface area (Å²) in [6, 6.07) is 5.97. The molecular weight excluding hydrogens is 374 g/mol. The molecule has 8 heteroatoms. The Balaban J connectivity index is 2.62. The smallest absolute Gasteiger partial charge is 0.336 e. The Labute approximate surface area is 162 Å². The van der Waals surface area contributed by atoms with E-state index in [1.807, 2.05) is 0 Å². The number of hydrogen-bond donors (Lipinski definition) is 0. The van der Waals surface area contributed by atoms with Gasteiger partial charge in [0, 0.05) is 17.4 Å². The monoisotopic (exact) mass is 393 g/mol. The van der Waals surface area contributed by atoms with E-state index >= 15 is 0 Å². The molecule has 1 aromatic rings. The Bertz CT molecular complexity index is 765. The van der Waals surface area contributed by atoms with Crippen molar-refractivity contribution in [3.63, 3.8) is 0 Å². The molecule has 0 aromatic heterocycles. The zero-order valence-corrected chi connectivity index (χ0v) is 16.1. The normalized spacial score (nSPS) is 15.4. The highest BCUT2D eigenvalue weighted by atomic mass is 35.5. The summed E-state index contributed by atoms with van der Waals surface area (Å²) >= 11 is 5.95. The van der Waals surface area contributed by atoms with Gasteiger partial charge in [0.1, 0.15) is 6.04 Å². The molecule has 7 nitrogen and oxygen atoms in total. The van der Waals surface area contributed by atoms with Crippen LogP contribution < -0.4 is 0 Å². The van der Waals surface area contributed by atoms with Gasteiger partial charge in [0.15, 0.2) is 0 Å². The van der Waals surface area contributed by atoms with Crippen LogP contribution >= 0.6 is 11.6 Å². The van der Waals surface area contributed by atoms with Gasteiger partial charge in [0.25, 0.3) is 0 Å². The lowest BCUT2D eigenvalue weighted by Gasteiger charge is -2.32. The van der Waals surface area contributed by atoms with Crippen molar-refractivity contribution in [3.05, 3.63) is 58.4 Å². The molecule has 0 saturated carbocycles. The van der Waals surface area contributed by atoms with Crippen molar-refractivity contribution in [3.8, 4) is 0 Å². The zero-order valence-electron chi connectivity index (χ0n) is 15.4. The van der Waals surface area contributed by atoms with Gasteiger partial charge in [0.05, 0.1) is 38.4 Å². The van der Waals surface area contributed by atoms with E-state index < -0.39 is 29.9 Å². The highest BCUT2D eigenvalue weighted by molar-refractivity contribution is 6.30. The van der Waals surface area contributed by atoms with Gasteiger partial charge in [-0.2, -0.15) is 0 Å². The fourth-order valence-electron chi connectivity index (χ4n) is 2.78. The summed E-state index contributed by atoms with van der Waals surface area (Å²) in [5.41, 5.74) is 1.01. The largest absolute Gasteiger partial charge is 0.467 e. The molecular formula is C19H20ClNO6. The summed E-state index contributed by atoms with van der Waals surface area (Å²) in [5.74, 6) is -2.53. The third-order valence-corrected chi connectivity index (χ3v) is 4.49. The van der Waals surface area contributed by atoms with Crippen LogP contribution in [0.2, 0.25) is 5.02 Å². The van der Waals surface area contributed by atoms with Gasteiger partial charge in [-0.3, -0.25) is 0 Å². The zero-order chi connectivity index (χ0) is 20.1. The molecule has 0 spiro atoms. The Morgan fingerprint density at radius 2 is 1.41 bits per heavy atom. The minimum absolute atomic E-state index is 0.179. The lowest BCUT2D eigenvalue weighted by Crippen LogP contribution is -2.37. The van der Waals surface area contributed by atoms with E-state index in [1.54, 1.807) is 31.2 Å². The van der Waals surface area contributed by atoms with Gasteiger partial charge in [-0.25, -0.2) is 14.4 Å². The van der Waals surface area contributed by atoms with Crippen LogP contribution in [0.25, 0.3) is 0 Å². The van der Waals surface area contributed by atoms with Crippen molar-refractivity contribution < 1.29 is 28.6 Å². The quantitative estimate of drug-likeness (QED) is 0.561. The third-order valence-electron chi connectivity index (χ3n) is 4.23. The average molecular weight is 394 g/mol. The van der Waals surface area contributed by atoms with Crippen LogP contribution in [0.3, 0.4) is 0 Å². The number of ether oxygens (including phenoxy) is 3. The highest BCUT2D eigenvalue weighted by Gasteiger charge is 2.37.